The zero-order valence-electron chi connectivity index (χ0n) is 13.8. The highest BCUT2D eigenvalue weighted by Gasteiger charge is 2.11. The summed E-state index contributed by atoms with van der Waals surface area (Å²) in [6.07, 6.45) is 1.59. The topological polar surface area (TPSA) is 61.1 Å². The SMILES string of the molecule is Cc1ccc(C)n1NC(=O)/C(C#N)=C\c1ccc(N(C)C)cc1. The van der Waals surface area contributed by atoms with Gasteiger partial charge in [0.2, 0.25) is 0 Å². The number of nitriles is 1. The van der Waals surface area contributed by atoms with Crippen molar-refractivity contribution in [2.24, 2.45) is 0 Å². The monoisotopic (exact) mass is 308 g/mol. The van der Waals surface area contributed by atoms with Crippen LogP contribution in [0.1, 0.15) is 17.0 Å². The molecule has 1 amide bonds. The Balaban J connectivity index is 2.21. The van der Waals surface area contributed by atoms with E-state index >= 15 is 0 Å². The minimum absolute atomic E-state index is 0.0649. The number of anilines is 1. The van der Waals surface area contributed by atoms with Crippen LogP contribution in [0.3, 0.4) is 0 Å². The van der Waals surface area contributed by atoms with Crippen LogP contribution < -0.4 is 10.3 Å². The Morgan fingerprint density at radius 1 is 1.13 bits per heavy atom. The summed E-state index contributed by atoms with van der Waals surface area (Å²) in [5.41, 5.74) is 6.48. The third-order valence-electron chi connectivity index (χ3n) is 3.57. The number of aryl methyl sites for hydroxylation is 2. The molecule has 0 aliphatic rings. The first-order valence-electron chi connectivity index (χ1n) is 7.28. The summed E-state index contributed by atoms with van der Waals surface area (Å²) in [7, 11) is 3.92. The average molecular weight is 308 g/mol. The van der Waals surface area contributed by atoms with E-state index in [-0.39, 0.29) is 5.57 Å². The lowest BCUT2D eigenvalue weighted by molar-refractivity contribution is -0.113. The number of hydrogen-bond acceptors (Lipinski definition) is 3. The normalized spacial score (nSPS) is 11.0. The maximum atomic E-state index is 12.3. The molecule has 0 aliphatic carbocycles. The molecule has 0 aliphatic heterocycles. The van der Waals surface area contributed by atoms with Crippen LogP contribution in [0.15, 0.2) is 42.0 Å². The molecule has 0 saturated heterocycles. The molecule has 1 heterocycles. The molecule has 0 atom stereocenters. The third-order valence-corrected chi connectivity index (χ3v) is 3.57. The Labute approximate surface area is 136 Å². The number of hydrogen-bond donors (Lipinski definition) is 1. The molecule has 0 bridgehead atoms. The minimum atomic E-state index is -0.424. The van der Waals surface area contributed by atoms with Crippen LogP contribution in [-0.4, -0.2) is 24.7 Å². The summed E-state index contributed by atoms with van der Waals surface area (Å²) in [6, 6.07) is 13.4. The molecule has 0 unspecified atom stereocenters. The van der Waals surface area contributed by atoms with Crippen molar-refractivity contribution >= 4 is 17.7 Å². The fraction of sp³-hybridized carbons (Fsp3) is 0.222. The van der Waals surface area contributed by atoms with Crippen LogP contribution in [0.4, 0.5) is 5.69 Å². The molecule has 0 saturated carbocycles. The lowest BCUT2D eigenvalue weighted by Gasteiger charge is -2.12. The molecular formula is C18H20N4O. The van der Waals surface area contributed by atoms with Gasteiger partial charge in [0.05, 0.1) is 0 Å². The fourth-order valence-corrected chi connectivity index (χ4v) is 2.19. The molecule has 1 N–H and O–H groups in total. The van der Waals surface area contributed by atoms with Gasteiger partial charge in [0.1, 0.15) is 11.6 Å². The second kappa shape index (κ2) is 6.84. The van der Waals surface area contributed by atoms with Crippen molar-refractivity contribution in [3.05, 3.63) is 58.9 Å². The van der Waals surface area contributed by atoms with E-state index < -0.39 is 5.91 Å². The number of nitrogens with one attached hydrogen (secondary N) is 1. The number of amides is 1. The largest absolute Gasteiger partial charge is 0.378 e. The van der Waals surface area contributed by atoms with Gasteiger partial charge < -0.3 is 4.90 Å². The van der Waals surface area contributed by atoms with Crippen molar-refractivity contribution in [2.45, 2.75) is 13.8 Å². The summed E-state index contributed by atoms with van der Waals surface area (Å²) in [4.78, 5) is 14.3. The third kappa shape index (κ3) is 3.80. The second-order valence-electron chi connectivity index (χ2n) is 5.55. The van der Waals surface area contributed by atoms with Gasteiger partial charge in [0, 0.05) is 31.2 Å². The van der Waals surface area contributed by atoms with E-state index in [0.29, 0.717) is 0 Å². The fourth-order valence-electron chi connectivity index (χ4n) is 2.19. The molecule has 1 aromatic heterocycles. The van der Waals surface area contributed by atoms with E-state index in [0.717, 1.165) is 22.6 Å². The van der Waals surface area contributed by atoms with E-state index in [1.54, 1.807) is 10.8 Å². The summed E-state index contributed by atoms with van der Waals surface area (Å²) in [6.45, 7) is 3.78. The number of carbonyl (C=O) groups is 1. The predicted octanol–water partition coefficient (Wildman–Crippen LogP) is 2.85. The molecule has 5 heteroatoms. The highest BCUT2D eigenvalue weighted by molar-refractivity contribution is 6.06. The van der Waals surface area contributed by atoms with Crippen LogP contribution in [0.2, 0.25) is 0 Å². The smallest absolute Gasteiger partial charge is 0.280 e. The maximum absolute atomic E-state index is 12.3. The quantitative estimate of drug-likeness (QED) is 0.698. The van der Waals surface area contributed by atoms with Gasteiger partial charge in [-0.2, -0.15) is 5.26 Å². The summed E-state index contributed by atoms with van der Waals surface area (Å²) in [5, 5.41) is 9.27. The van der Waals surface area contributed by atoms with Crippen molar-refractivity contribution in [2.75, 3.05) is 24.4 Å². The minimum Gasteiger partial charge on any atom is -0.378 e. The number of benzene rings is 1. The van der Waals surface area contributed by atoms with Gasteiger partial charge >= 0.3 is 0 Å². The van der Waals surface area contributed by atoms with Crippen LogP contribution in [0.5, 0.6) is 0 Å². The van der Waals surface area contributed by atoms with Crippen molar-refractivity contribution in [1.82, 2.24) is 4.68 Å². The molecule has 2 rings (SSSR count). The standard InChI is InChI=1S/C18H20N4O/c1-13-5-6-14(2)22(13)20-18(23)16(12-19)11-15-7-9-17(10-8-15)21(3)4/h5-11H,1-4H3,(H,20,23)/b16-11-. The highest BCUT2D eigenvalue weighted by atomic mass is 16.2. The zero-order valence-corrected chi connectivity index (χ0v) is 13.8. The van der Waals surface area contributed by atoms with E-state index in [4.69, 9.17) is 0 Å². The number of rotatable bonds is 4. The van der Waals surface area contributed by atoms with Crippen molar-refractivity contribution in [3.63, 3.8) is 0 Å². The Morgan fingerprint density at radius 3 is 2.17 bits per heavy atom. The maximum Gasteiger partial charge on any atom is 0.280 e. The van der Waals surface area contributed by atoms with Crippen LogP contribution in [-0.2, 0) is 4.79 Å². The lowest BCUT2D eigenvalue weighted by Crippen LogP contribution is -2.25. The molecule has 23 heavy (non-hydrogen) atoms. The molecule has 118 valence electrons. The van der Waals surface area contributed by atoms with Crippen LogP contribution in [0.25, 0.3) is 6.08 Å². The first kappa shape index (κ1) is 16.4. The Bertz CT molecular complexity index is 757. The van der Waals surface area contributed by atoms with E-state index in [2.05, 4.69) is 5.43 Å². The highest BCUT2D eigenvalue weighted by Crippen LogP contribution is 2.15. The van der Waals surface area contributed by atoms with Gasteiger partial charge in [-0.25, -0.2) is 0 Å². The van der Waals surface area contributed by atoms with Crippen LogP contribution in [0, 0.1) is 25.2 Å². The summed E-state index contributed by atoms with van der Waals surface area (Å²) < 4.78 is 1.67. The van der Waals surface area contributed by atoms with E-state index in [1.165, 1.54) is 0 Å². The van der Waals surface area contributed by atoms with Crippen molar-refractivity contribution in [3.8, 4) is 6.07 Å². The lowest BCUT2D eigenvalue weighted by atomic mass is 10.1. The van der Waals surface area contributed by atoms with Gasteiger partial charge in [-0.15, -0.1) is 0 Å². The summed E-state index contributed by atoms with van der Waals surface area (Å²) in [5.74, 6) is -0.424. The average Bonchev–Trinajstić information content (AvgIpc) is 2.84. The van der Waals surface area contributed by atoms with Crippen LogP contribution >= 0.6 is 0 Å². The van der Waals surface area contributed by atoms with E-state index in [1.807, 2.05) is 75.3 Å². The van der Waals surface area contributed by atoms with Gasteiger partial charge in [0.15, 0.2) is 0 Å². The van der Waals surface area contributed by atoms with Crippen molar-refractivity contribution < 1.29 is 4.79 Å². The molecule has 0 spiro atoms. The Hall–Kier alpha value is -3.00. The zero-order chi connectivity index (χ0) is 17.0. The van der Waals surface area contributed by atoms with Gasteiger partial charge in [-0.05, 0) is 49.8 Å². The number of aromatic nitrogens is 1. The van der Waals surface area contributed by atoms with Crippen molar-refractivity contribution in [1.29, 1.82) is 5.26 Å². The molecule has 1 aromatic carbocycles. The number of nitrogens with zero attached hydrogens (tertiary/aromatic N) is 3. The molecule has 0 fully saturated rings. The predicted molar refractivity (Wildman–Crippen MR) is 92.6 cm³/mol. The number of carbonyl (C=O) groups excluding carboxylic acids is 1. The first-order chi connectivity index (χ1) is 10.9. The second-order valence-corrected chi connectivity index (χ2v) is 5.55. The molecule has 0 radical (unpaired) electrons. The van der Waals surface area contributed by atoms with Gasteiger partial charge in [-0.3, -0.25) is 14.9 Å². The molecule has 5 nitrogen and oxygen atoms in total. The summed E-state index contributed by atoms with van der Waals surface area (Å²) >= 11 is 0. The van der Waals surface area contributed by atoms with Gasteiger partial charge in [-0.1, -0.05) is 12.1 Å². The first-order valence-corrected chi connectivity index (χ1v) is 7.28. The van der Waals surface area contributed by atoms with E-state index in [9.17, 15) is 10.1 Å². The molecular weight excluding hydrogens is 288 g/mol. The Morgan fingerprint density at radius 2 is 1.70 bits per heavy atom. The Kier molecular flexibility index (Phi) is 4.87. The van der Waals surface area contributed by atoms with Gasteiger partial charge in [0.25, 0.3) is 5.91 Å². The molecule has 2 aromatic rings.